The van der Waals surface area contributed by atoms with E-state index in [1.807, 2.05) is 30.3 Å². The zero-order chi connectivity index (χ0) is 16.7. The molecule has 4 heteroatoms. The van der Waals surface area contributed by atoms with Gasteiger partial charge < -0.3 is 10.4 Å². The van der Waals surface area contributed by atoms with E-state index in [9.17, 15) is 14.3 Å². The Kier molecular flexibility index (Phi) is 6.02. The van der Waals surface area contributed by atoms with Crippen molar-refractivity contribution in [3.05, 3.63) is 71.5 Å². The van der Waals surface area contributed by atoms with Crippen molar-refractivity contribution in [2.45, 2.75) is 25.4 Å². The highest BCUT2D eigenvalue weighted by Crippen LogP contribution is 2.23. The van der Waals surface area contributed by atoms with Crippen LogP contribution in [0.25, 0.3) is 0 Å². The minimum atomic E-state index is -0.894. The van der Waals surface area contributed by atoms with Gasteiger partial charge in [-0.3, -0.25) is 4.79 Å². The molecule has 0 fully saturated rings. The Labute approximate surface area is 136 Å². The van der Waals surface area contributed by atoms with E-state index in [-0.39, 0.29) is 11.6 Å². The van der Waals surface area contributed by atoms with E-state index in [1.54, 1.807) is 6.92 Å². The summed E-state index contributed by atoms with van der Waals surface area (Å²) in [6.07, 6.45) is 0.904. The molecule has 0 aliphatic heterocycles. The molecule has 1 atom stereocenters. The number of carbonyl (C=O) groups excluding carboxylic acids is 1. The van der Waals surface area contributed by atoms with Crippen LogP contribution in [-0.4, -0.2) is 24.0 Å². The summed E-state index contributed by atoms with van der Waals surface area (Å²) >= 11 is 0. The van der Waals surface area contributed by atoms with Crippen LogP contribution in [0.3, 0.4) is 0 Å². The fourth-order valence-corrected chi connectivity index (χ4v) is 2.38. The lowest BCUT2D eigenvalue weighted by atomic mass is 9.92. The van der Waals surface area contributed by atoms with E-state index in [4.69, 9.17) is 0 Å². The Hall–Kier alpha value is -2.04. The minimum absolute atomic E-state index is 0.0210. The van der Waals surface area contributed by atoms with Crippen molar-refractivity contribution in [2.24, 2.45) is 0 Å². The number of carbonyl (C=O) groups is 1. The van der Waals surface area contributed by atoms with Gasteiger partial charge in [0.1, 0.15) is 5.82 Å². The highest BCUT2D eigenvalue weighted by Gasteiger charge is 2.21. The molecule has 0 heterocycles. The van der Waals surface area contributed by atoms with E-state index in [2.05, 4.69) is 5.32 Å². The first-order chi connectivity index (χ1) is 11.0. The lowest BCUT2D eigenvalue weighted by Gasteiger charge is -2.24. The minimum Gasteiger partial charge on any atom is -0.385 e. The Morgan fingerprint density at radius 1 is 1.09 bits per heavy atom. The SMILES string of the molecule is CC(O)(CCNCCC(=O)c1ccc(F)cc1)c1ccccc1. The van der Waals surface area contributed by atoms with Crippen molar-refractivity contribution in [2.75, 3.05) is 13.1 Å². The van der Waals surface area contributed by atoms with Crippen LogP contribution in [0.5, 0.6) is 0 Å². The van der Waals surface area contributed by atoms with Crippen molar-refractivity contribution < 1.29 is 14.3 Å². The van der Waals surface area contributed by atoms with Crippen LogP contribution >= 0.6 is 0 Å². The fourth-order valence-electron chi connectivity index (χ4n) is 2.38. The number of aliphatic hydroxyl groups is 1. The second kappa shape index (κ2) is 7.99. The molecule has 0 aliphatic rings. The van der Waals surface area contributed by atoms with Crippen LogP contribution in [0.1, 0.15) is 35.7 Å². The van der Waals surface area contributed by atoms with Crippen LogP contribution < -0.4 is 5.32 Å². The summed E-state index contributed by atoms with van der Waals surface area (Å²) in [5, 5.41) is 13.6. The molecule has 3 nitrogen and oxygen atoms in total. The molecule has 0 amide bonds. The van der Waals surface area contributed by atoms with Crippen molar-refractivity contribution in [1.29, 1.82) is 0 Å². The standard InChI is InChI=1S/C19H22FNO2/c1-19(23,16-5-3-2-4-6-16)12-14-21-13-11-18(22)15-7-9-17(20)10-8-15/h2-10,21,23H,11-14H2,1H3. The Morgan fingerprint density at radius 3 is 2.39 bits per heavy atom. The third kappa shape index (κ3) is 5.27. The average Bonchev–Trinajstić information content (AvgIpc) is 2.56. The number of benzene rings is 2. The number of rotatable bonds is 8. The Morgan fingerprint density at radius 2 is 1.74 bits per heavy atom. The molecule has 0 aromatic heterocycles. The maximum atomic E-state index is 12.8. The zero-order valence-corrected chi connectivity index (χ0v) is 13.3. The monoisotopic (exact) mass is 315 g/mol. The van der Waals surface area contributed by atoms with Gasteiger partial charge in [-0.1, -0.05) is 30.3 Å². The maximum absolute atomic E-state index is 12.8. The van der Waals surface area contributed by atoms with Crippen LogP contribution in [0, 0.1) is 5.82 Å². The van der Waals surface area contributed by atoms with Gasteiger partial charge in [0.2, 0.25) is 0 Å². The number of hydrogen-bond donors (Lipinski definition) is 2. The third-order valence-corrected chi connectivity index (χ3v) is 3.88. The number of hydrogen-bond acceptors (Lipinski definition) is 3. The average molecular weight is 315 g/mol. The molecule has 23 heavy (non-hydrogen) atoms. The van der Waals surface area contributed by atoms with Gasteiger partial charge in [-0.15, -0.1) is 0 Å². The van der Waals surface area contributed by atoms with Crippen molar-refractivity contribution in [1.82, 2.24) is 5.32 Å². The van der Waals surface area contributed by atoms with Crippen LogP contribution in [0.15, 0.2) is 54.6 Å². The summed E-state index contributed by atoms with van der Waals surface area (Å²) < 4.78 is 12.8. The smallest absolute Gasteiger partial charge is 0.164 e. The lowest BCUT2D eigenvalue weighted by Crippen LogP contribution is -2.29. The van der Waals surface area contributed by atoms with Gasteiger partial charge in [-0.2, -0.15) is 0 Å². The van der Waals surface area contributed by atoms with Crippen LogP contribution in [0.2, 0.25) is 0 Å². The first kappa shape index (κ1) is 17.3. The molecule has 0 spiro atoms. The Bertz CT molecular complexity index is 624. The molecule has 0 radical (unpaired) electrons. The number of ketones is 1. The van der Waals surface area contributed by atoms with Crippen LogP contribution in [0.4, 0.5) is 4.39 Å². The van der Waals surface area contributed by atoms with E-state index in [1.165, 1.54) is 24.3 Å². The van der Waals surface area contributed by atoms with Gasteiger partial charge in [0.05, 0.1) is 5.60 Å². The molecule has 2 aromatic rings. The highest BCUT2D eigenvalue weighted by atomic mass is 19.1. The molecule has 2 N–H and O–H groups in total. The van der Waals surface area contributed by atoms with E-state index >= 15 is 0 Å². The van der Waals surface area contributed by atoms with E-state index < -0.39 is 5.60 Å². The van der Waals surface area contributed by atoms with Gasteiger partial charge in [-0.05, 0) is 49.7 Å². The van der Waals surface area contributed by atoms with Gasteiger partial charge in [0, 0.05) is 18.5 Å². The molecule has 2 aromatic carbocycles. The molecule has 122 valence electrons. The van der Waals surface area contributed by atoms with E-state index in [0.717, 1.165) is 5.56 Å². The Balaban J connectivity index is 1.71. The summed E-state index contributed by atoms with van der Waals surface area (Å²) in [6.45, 7) is 2.92. The molecular weight excluding hydrogens is 293 g/mol. The zero-order valence-electron chi connectivity index (χ0n) is 13.3. The van der Waals surface area contributed by atoms with Crippen LogP contribution in [-0.2, 0) is 5.60 Å². The summed E-state index contributed by atoms with van der Waals surface area (Å²) in [7, 11) is 0. The third-order valence-electron chi connectivity index (χ3n) is 3.88. The molecular formula is C19H22FNO2. The lowest BCUT2D eigenvalue weighted by molar-refractivity contribution is 0.0481. The van der Waals surface area contributed by atoms with Gasteiger partial charge in [0.15, 0.2) is 5.78 Å². The topological polar surface area (TPSA) is 49.3 Å². The second-order valence-corrected chi connectivity index (χ2v) is 5.82. The first-order valence-corrected chi connectivity index (χ1v) is 7.76. The summed E-state index contributed by atoms with van der Waals surface area (Å²) in [4.78, 5) is 11.9. The molecule has 0 bridgehead atoms. The largest absolute Gasteiger partial charge is 0.385 e. The highest BCUT2D eigenvalue weighted by molar-refractivity contribution is 5.96. The fraction of sp³-hybridized carbons (Fsp3) is 0.316. The van der Waals surface area contributed by atoms with Crippen molar-refractivity contribution >= 4 is 5.78 Å². The molecule has 2 rings (SSSR count). The van der Waals surface area contributed by atoms with Gasteiger partial charge >= 0.3 is 0 Å². The van der Waals surface area contributed by atoms with Crippen molar-refractivity contribution in [3.63, 3.8) is 0 Å². The summed E-state index contributed by atoms with van der Waals surface area (Å²) in [6, 6.07) is 15.1. The number of Topliss-reactive ketones (excluding diaryl/α,β-unsaturated/α-hetero) is 1. The second-order valence-electron chi connectivity index (χ2n) is 5.82. The molecule has 0 aliphatic carbocycles. The molecule has 0 saturated heterocycles. The van der Waals surface area contributed by atoms with Gasteiger partial charge in [0.25, 0.3) is 0 Å². The van der Waals surface area contributed by atoms with Crippen molar-refractivity contribution in [3.8, 4) is 0 Å². The predicted molar refractivity (Wildman–Crippen MR) is 88.8 cm³/mol. The predicted octanol–water partition coefficient (Wildman–Crippen LogP) is 3.29. The first-order valence-electron chi connectivity index (χ1n) is 7.76. The quantitative estimate of drug-likeness (QED) is 0.580. The number of nitrogens with one attached hydrogen (secondary N) is 1. The summed E-state index contributed by atoms with van der Waals surface area (Å²) in [5.74, 6) is -0.366. The normalized spacial score (nSPS) is 13.5. The number of halogens is 1. The van der Waals surface area contributed by atoms with E-state index in [0.29, 0.717) is 31.5 Å². The molecule has 1 unspecified atom stereocenters. The molecule has 0 saturated carbocycles. The summed E-state index contributed by atoms with van der Waals surface area (Å²) in [5.41, 5.74) is 0.503. The van der Waals surface area contributed by atoms with Gasteiger partial charge in [-0.25, -0.2) is 4.39 Å². The maximum Gasteiger partial charge on any atom is 0.164 e.